The molecule has 8 heteroatoms. The molecule has 2 aromatic heterocycles. The van der Waals surface area contributed by atoms with Crippen molar-refractivity contribution in [3.8, 4) is 16.3 Å². The number of ether oxygens (including phenoxy) is 1. The molecule has 1 unspecified atom stereocenters. The van der Waals surface area contributed by atoms with E-state index < -0.39 is 23.5 Å². The van der Waals surface area contributed by atoms with Crippen molar-refractivity contribution in [1.29, 1.82) is 0 Å². The fourth-order valence-electron chi connectivity index (χ4n) is 4.22. The highest BCUT2D eigenvalue weighted by Crippen LogP contribution is 2.46. The third-order valence-electron chi connectivity index (χ3n) is 5.85. The second kappa shape index (κ2) is 8.88. The number of hydrogen-bond donors (Lipinski definition) is 1. The number of hydrogen-bond acceptors (Lipinski definition) is 7. The summed E-state index contributed by atoms with van der Waals surface area (Å²) in [5.41, 5.74) is 1.77. The molecule has 0 radical (unpaired) electrons. The van der Waals surface area contributed by atoms with E-state index in [0.717, 1.165) is 5.56 Å². The lowest BCUT2D eigenvalue weighted by Gasteiger charge is -2.26. The van der Waals surface area contributed by atoms with Crippen LogP contribution in [0.1, 0.15) is 32.9 Å². The molecule has 7 nitrogen and oxygen atoms in total. The van der Waals surface area contributed by atoms with Crippen molar-refractivity contribution in [2.45, 2.75) is 19.9 Å². The number of para-hydroxylation sites is 2. The minimum Gasteiger partial charge on any atom is -0.503 e. The molecule has 2 aromatic carbocycles. The van der Waals surface area contributed by atoms with Crippen molar-refractivity contribution in [3.05, 3.63) is 100 Å². The second-order valence-electron chi connectivity index (χ2n) is 8.09. The number of thiazole rings is 1. The first-order valence-corrected chi connectivity index (χ1v) is 11.8. The number of ketones is 1. The summed E-state index contributed by atoms with van der Waals surface area (Å²) in [6, 6.07) is 19.0. The van der Waals surface area contributed by atoms with Crippen molar-refractivity contribution in [2.75, 3.05) is 12.0 Å². The minimum atomic E-state index is -0.971. The lowest BCUT2D eigenvalue weighted by Crippen LogP contribution is -2.31. The third-order valence-corrected chi connectivity index (χ3v) is 7.06. The molecular weight excluding hydrogens is 464 g/mol. The van der Waals surface area contributed by atoms with Crippen LogP contribution in [0.2, 0.25) is 0 Å². The van der Waals surface area contributed by atoms with Crippen LogP contribution in [-0.4, -0.2) is 28.9 Å². The minimum absolute atomic E-state index is 0.0541. The number of furan rings is 1. The molecule has 1 aliphatic heterocycles. The average Bonchev–Trinajstić information content (AvgIpc) is 3.55. The van der Waals surface area contributed by atoms with E-state index in [-0.39, 0.29) is 5.57 Å². The number of aryl methyl sites for hydroxylation is 2. The maximum atomic E-state index is 13.9. The number of aromatic nitrogens is 1. The van der Waals surface area contributed by atoms with E-state index in [9.17, 15) is 14.7 Å². The van der Waals surface area contributed by atoms with Gasteiger partial charge in [-0.15, -0.1) is 11.3 Å². The number of aliphatic hydroxyl groups is 1. The molecule has 0 spiro atoms. The molecule has 176 valence electrons. The number of rotatable bonds is 6. The monoisotopic (exact) mass is 486 g/mol. The average molecular weight is 487 g/mol. The van der Waals surface area contributed by atoms with Gasteiger partial charge in [0.05, 0.1) is 28.9 Å². The molecule has 1 amide bonds. The van der Waals surface area contributed by atoms with Crippen molar-refractivity contribution in [2.24, 2.45) is 0 Å². The number of nitrogens with zero attached hydrogens (tertiary/aromatic N) is 2. The van der Waals surface area contributed by atoms with Gasteiger partial charge in [-0.1, -0.05) is 42.5 Å². The number of methoxy groups -OCH3 is 1. The van der Waals surface area contributed by atoms with Crippen LogP contribution in [0.3, 0.4) is 0 Å². The van der Waals surface area contributed by atoms with Gasteiger partial charge in [-0.25, -0.2) is 4.98 Å². The number of Topliss-reactive ketones (excluding diaryl/α,β-unsaturated/α-hetero) is 1. The Morgan fingerprint density at radius 1 is 1.06 bits per heavy atom. The Kier molecular flexibility index (Phi) is 5.74. The number of anilines is 1. The van der Waals surface area contributed by atoms with Crippen LogP contribution in [0, 0.1) is 13.8 Å². The van der Waals surface area contributed by atoms with Crippen molar-refractivity contribution >= 4 is 28.7 Å². The van der Waals surface area contributed by atoms with Gasteiger partial charge in [-0.05, 0) is 38.1 Å². The second-order valence-corrected chi connectivity index (χ2v) is 9.09. The van der Waals surface area contributed by atoms with E-state index in [4.69, 9.17) is 9.15 Å². The first-order chi connectivity index (χ1) is 16.9. The number of carbonyl (C=O) groups excluding carboxylic acids is 2. The van der Waals surface area contributed by atoms with Crippen molar-refractivity contribution in [1.82, 2.24) is 4.98 Å². The molecule has 1 N–H and O–H groups in total. The number of aliphatic hydroxyl groups excluding tert-OH is 1. The number of amides is 1. The SMILES string of the molecule is COc1ccccc1N1C(=O)C(O)=C(C(=O)c2sc(-c3ccccc3)nc2C)C1c1ccc(C)o1. The van der Waals surface area contributed by atoms with Crippen LogP contribution in [0.5, 0.6) is 5.75 Å². The normalized spacial score (nSPS) is 15.7. The molecule has 0 saturated carbocycles. The maximum absolute atomic E-state index is 13.9. The zero-order chi connectivity index (χ0) is 24.7. The van der Waals surface area contributed by atoms with Gasteiger partial charge in [-0.2, -0.15) is 0 Å². The Morgan fingerprint density at radius 2 is 1.77 bits per heavy atom. The Hall–Kier alpha value is -4.17. The van der Waals surface area contributed by atoms with Crippen molar-refractivity contribution in [3.63, 3.8) is 0 Å². The first-order valence-electron chi connectivity index (χ1n) is 10.9. The zero-order valence-corrected chi connectivity index (χ0v) is 20.1. The fraction of sp³-hybridized carbons (Fsp3) is 0.148. The predicted octanol–water partition coefficient (Wildman–Crippen LogP) is 5.81. The summed E-state index contributed by atoms with van der Waals surface area (Å²) >= 11 is 1.23. The fourth-order valence-corrected chi connectivity index (χ4v) is 5.24. The maximum Gasteiger partial charge on any atom is 0.294 e. The van der Waals surface area contributed by atoms with Gasteiger partial charge in [0.1, 0.15) is 28.3 Å². The summed E-state index contributed by atoms with van der Waals surface area (Å²) in [4.78, 5) is 33.5. The van der Waals surface area contributed by atoms with Crippen LogP contribution in [0.15, 0.2) is 82.5 Å². The highest BCUT2D eigenvalue weighted by atomic mass is 32.1. The third kappa shape index (κ3) is 3.81. The molecule has 4 aromatic rings. The van der Waals surface area contributed by atoms with Crippen molar-refractivity contribution < 1.29 is 23.8 Å². The van der Waals surface area contributed by atoms with E-state index in [1.165, 1.54) is 23.3 Å². The molecule has 3 heterocycles. The van der Waals surface area contributed by atoms with E-state index >= 15 is 0 Å². The largest absolute Gasteiger partial charge is 0.503 e. The highest BCUT2D eigenvalue weighted by molar-refractivity contribution is 7.17. The number of carbonyl (C=O) groups is 2. The van der Waals surface area contributed by atoms with Crippen LogP contribution in [0.4, 0.5) is 5.69 Å². The van der Waals surface area contributed by atoms with E-state index in [1.807, 2.05) is 30.3 Å². The quantitative estimate of drug-likeness (QED) is 0.346. The molecule has 1 atom stereocenters. The van der Waals surface area contributed by atoms with Gasteiger partial charge < -0.3 is 14.3 Å². The molecule has 0 bridgehead atoms. The molecule has 1 aliphatic rings. The first kappa shape index (κ1) is 22.6. The van der Waals surface area contributed by atoms with Crippen LogP contribution in [0.25, 0.3) is 10.6 Å². The van der Waals surface area contributed by atoms with Gasteiger partial charge in [-0.3, -0.25) is 14.5 Å². The summed E-state index contributed by atoms with van der Waals surface area (Å²) in [5, 5.41) is 11.7. The predicted molar refractivity (Wildman–Crippen MR) is 133 cm³/mol. The van der Waals surface area contributed by atoms with Gasteiger partial charge in [0.2, 0.25) is 5.78 Å². The molecule has 35 heavy (non-hydrogen) atoms. The van der Waals surface area contributed by atoms with Gasteiger partial charge in [0.15, 0.2) is 5.76 Å². The molecule has 5 rings (SSSR count). The zero-order valence-electron chi connectivity index (χ0n) is 19.3. The highest BCUT2D eigenvalue weighted by Gasteiger charge is 2.47. The topological polar surface area (TPSA) is 92.9 Å². The lowest BCUT2D eigenvalue weighted by atomic mass is 9.99. The summed E-state index contributed by atoms with van der Waals surface area (Å²) in [6.07, 6.45) is 0. The standard InChI is InChI=1S/C27H22N2O5S/c1-15-13-14-20(34-15)22-21(24(31)27(32)29(22)18-11-7-8-12-19(18)33-3)23(30)25-16(2)28-26(35-25)17-9-5-4-6-10-17/h4-14,22,31H,1-3H3. The number of benzene rings is 2. The van der Waals surface area contributed by atoms with Crippen LogP contribution < -0.4 is 9.64 Å². The lowest BCUT2D eigenvalue weighted by molar-refractivity contribution is -0.117. The molecule has 0 saturated heterocycles. The van der Waals surface area contributed by atoms with Gasteiger partial charge in [0.25, 0.3) is 5.91 Å². The van der Waals surface area contributed by atoms with Gasteiger partial charge in [0, 0.05) is 5.56 Å². The molecule has 0 fully saturated rings. The smallest absolute Gasteiger partial charge is 0.294 e. The Balaban J connectivity index is 1.64. The summed E-state index contributed by atoms with van der Waals surface area (Å²) in [6.45, 7) is 3.52. The van der Waals surface area contributed by atoms with E-state index in [2.05, 4.69) is 4.98 Å². The Bertz CT molecular complexity index is 1470. The Morgan fingerprint density at radius 3 is 2.46 bits per heavy atom. The summed E-state index contributed by atoms with van der Waals surface area (Å²) in [5.74, 6) is -0.387. The molecule has 0 aliphatic carbocycles. The van der Waals surface area contributed by atoms with Crippen LogP contribution >= 0.6 is 11.3 Å². The van der Waals surface area contributed by atoms with E-state index in [0.29, 0.717) is 38.5 Å². The summed E-state index contributed by atoms with van der Waals surface area (Å²) in [7, 11) is 1.50. The molecular formula is C27H22N2O5S. The Labute approximate surface area is 205 Å². The van der Waals surface area contributed by atoms with E-state index in [1.54, 1.807) is 50.2 Å². The van der Waals surface area contributed by atoms with Crippen LogP contribution in [-0.2, 0) is 4.79 Å². The van der Waals surface area contributed by atoms with Gasteiger partial charge >= 0.3 is 0 Å². The summed E-state index contributed by atoms with van der Waals surface area (Å²) < 4.78 is 11.3.